The number of nitrogens with one attached hydrogen (secondary N) is 2. The third-order valence-electron chi connectivity index (χ3n) is 3.85. The van der Waals surface area contributed by atoms with Gasteiger partial charge in [0.1, 0.15) is 11.9 Å². The summed E-state index contributed by atoms with van der Waals surface area (Å²) in [6.07, 6.45) is 4.88. The van der Waals surface area contributed by atoms with Gasteiger partial charge < -0.3 is 9.47 Å². The third kappa shape index (κ3) is 3.83. The van der Waals surface area contributed by atoms with Crippen molar-refractivity contribution in [3.63, 3.8) is 0 Å². The van der Waals surface area contributed by atoms with Crippen LogP contribution in [0.25, 0.3) is 16.5 Å². The minimum absolute atomic E-state index is 0.0574. The van der Waals surface area contributed by atoms with E-state index in [4.69, 9.17) is 9.47 Å². The van der Waals surface area contributed by atoms with Crippen molar-refractivity contribution in [1.82, 2.24) is 15.5 Å². The largest absolute Gasteiger partial charge is 0.491 e. The number of ether oxygens (including phenoxy) is 2. The maximum absolute atomic E-state index is 5.81. The quantitative estimate of drug-likeness (QED) is 0.767. The molecule has 1 unspecified atom stereocenters. The van der Waals surface area contributed by atoms with E-state index in [0.29, 0.717) is 6.61 Å². The Morgan fingerprint density at radius 1 is 1.38 bits per heavy atom. The van der Waals surface area contributed by atoms with Crippen molar-refractivity contribution in [2.45, 2.75) is 32.5 Å². The van der Waals surface area contributed by atoms with Gasteiger partial charge in [0.2, 0.25) is 0 Å². The molecule has 2 aromatic rings. The summed E-state index contributed by atoms with van der Waals surface area (Å²) in [5, 5.41) is 12.1. The molecular formula is C18H24N4O2. The van der Waals surface area contributed by atoms with Gasteiger partial charge in [-0.3, -0.25) is 15.4 Å². The molecule has 0 aliphatic carbocycles. The lowest BCUT2D eigenvalue weighted by Crippen LogP contribution is -2.31. The molecule has 0 amide bonds. The highest BCUT2D eigenvalue weighted by molar-refractivity contribution is 5.96. The molecule has 0 fully saturated rings. The molecule has 1 aromatic carbocycles. The van der Waals surface area contributed by atoms with Gasteiger partial charge >= 0.3 is 0 Å². The molecular weight excluding hydrogens is 304 g/mol. The number of benzene rings is 1. The zero-order valence-corrected chi connectivity index (χ0v) is 14.4. The normalized spacial score (nSPS) is 17.5. The molecule has 0 saturated carbocycles. The van der Waals surface area contributed by atoms with E-state index in [1.54, 1.807) is 7.11 Å². The predicted octanol–water partition coefficient (Wildman–Crippen LogP) is 2.77. The van der Waals surface area contributed by atoms with E-state index < -0.39 is 0 Å². The highest BCUT2D eigenvalue weighted by atomic mass is 16.5. The Morgan fingerprint density at radius 3 is 3.04 bits per heavy atom. The summed E-state index contributed by atoms with van der Waals surface area (Å²) in [6, 6.07) is 6.03. The van der Waals surface area contributed by atoms with Crippen LogP contribution in [0.15, 0.2) is 29.3 Å². The Hall–Kier alpha value is -2.18. The number of hydrogen-bond donors (Lipinski definition) is 2. The Balaban J connectivity index is 1.81. The van der Waals surface area contributed by atoms with Crippen LogP contribution < -0.4 is 10.1 Å². The molecule has 2 heterocycles. The van der Waals surface area contributed by atoms with Gasteiger partial charge in [-0.1, -0.05) is 0 Å². The van der Waals surface area contributed by atoms with Crippen LogP contribution in [0.3, 0.4) is 0 Å². The first kappa shape index (κ1) is 16.7. The lowest BCUT2D eigenvalue weighted by atomic mass is 10.0. The van der Waals surface area contributed by atoms with Gasteiger partial charge in [0.15, 0.2) is 0 Å². The summed E-state index contributed by atoms with van der Waals surface area (Å²) in [5.41, 5.74) is 3.13. The number of aromatic amines is 1. The summed E-state index contributed by atoms with van der Waals surface area (Å²) in [5.74, 6) is 0.861. The van der Waals surface area contributed by atoms with Gasteiger partial charge in [0, 0.05) is 31.7 Å². The Labute approximate surface area is 142 Å². The molecule has 0 bridgehead atoms. The molecule has 6 nitrogen and oxygen atoms in total. The van der Waals surface area contributed by atoms with Crippen molar-refractivity contribution in [3.05, 3.63) is 30.0 Å². The van der Waals surface area contributed by atoms with Crippen LogP contribution in [-0.2, 0) is 4.74 Å². The first-order valence-electron chi connectivity index (χ1n) is 8.27. The Bertz CT molecular complexity index is 749. The van der Waals surface area contributed by atoms with E-state index in [9.17, 15) is 0 Å². The smallest absolute Gasteiger partial charge is 0.120 e. The third-order valence-corrected chi connectivity index (χ3v) is 3.85. The van der Waals surface area contributed by atoms with Gasteiger partial charge in [-0.2, -0.15) is 5.10 Å². The lowest BCUT2D eigenvalue weighted by molar-refractivity contribution is 0.196. The number of rotatable bonds is 7. The van der Waals surface area contributed by atoms with E-state index in [0.717, 1.165) is 40.9 Å². The van der Waals surface area contributed by atoms with Crippen LogP contribution in [0.2, 0.25) is 0 Å². The standard InChI is InChI=1S/C18H24N4O2/c1-12(2)24-14-4-5-16-15(11-14)18(22-21-16)13-6-7-19-17(10-13)20-8-9-23-3/h4-7,11-12,17,20H,8-10H2,1-3H3,(H,21,22). The second kappa shape index (κ2) is 7.59. The minimum atomic E-state index is 0.0574. The predicted molar refractivity (Wildman–Crippen MR) is 96.6 cm³/mol. The van der Waals surface area contributed by atoms with Gasteiger partial charge in [0.05, 0.1) is 23.9 Å². The van der Waals surface area contributed by atoms with Gasteiger partial charge in [-0.25, -0.2) is 0 Å². The number of allylic oxidation sites excluding steroid dienone is 1. The fourth-order valence-electron chi connectivity index (χ4n) is 2.78. The van der Waals surface area contributed by atoms with Crippen molar-refractivity contribution < 1.29 is 9.47 Å². The van der Waals surface area contributed by atoms with E-state index in [1.807, 2.05) is 44.3 Å². The van der Waals surface area contributed by atoms with Gasteiger partial charge in [-0.05, 0) is 43.7 Å². The molecule has 0 radical (unpaired) electrons. The monoisotopic (exact) mass is 328 g/mol. The Morgan fingerprint density at radius 2 is 2.25 bits per heavy atom. The molecule has 1 atom stereocenters. The van der Waals surface area contributed by atoms with Gasteiger partial charge in [-0.15, -0.1) is 0 Å². The molecule has 3 rings (SSSR count). The number of methoxy groups -OCH3 is 1. The maximum atomic E-state index is 5.81. The SMILES string of the molecule is COCCNC1CC(c2n[nH]c3ccc(OC(C)C)cc23)=CC=N1. The highest BCUT2D eigenvalue weighted by Gasteiger charge is 2.18. The van der Waals surface area contributed by atoms with E-state index in [1.165, 1.54) is 0 Å². The highest BCUT2D eigenvalue weighted by Crippen LogP contribution is 2.30. The average Bonchev–Trinajstić information content (AvgIpc) is 2.98. The molecule has 0 saturated heterocycles. The molecule has 24 heavy (non-hydrogen) atoms. The number of H-pyrrole nitrogens is 1. The molecule has 6 heteroatoms. The first-order chi connectivity index (χ1) is 11.7. The van der Waals surface area contributed by atoms with Crippen LogP contribution >= 0.6 is 0 Å². The summed E-state index contributed by atoms with van der Waals surface area (Å²) in [7, 11) is 1.70. The van der Waals surface area contributed by atoms with Crippen molar-refractivity contribution >= 4 is 22.7 Å². The zero-order valence-electron chi connectivity index (χ0n) is 14.4. The summed E-state index contributed by atoms with van der Waals surface area (Å²) in [4.78, 5) is 4.47. The number of dihydropyridines is 1. The van der Waals surface area contributed by atoms with Crippen molar-refractivity contribution in [2.75, 3.05) is 20.3 Å². The topological polar surface area (TPSA) is 71.5 Å². The Kier molecular flexibility index (Phi) is 5.27. The number of aromatic nitrogens is 2. The fraction of sp³-hybridized carbons (Fsp3) is 0.444. The fourth-order valence-corrected chi connectivity index (χ4v) is 2.78. The van der Waals surface area contributed by atoms with Crippen LogP contribution in [0, 0.1) is 0 Å². The van der Waals surface area contributed by atoms with Crippen LogP contribution in [0.4, 0.5) is 0 Å². The molecule has 128 valence electrons. The van der Waals surface area contributed by atoms with Crippen LogP contribution in [0.5, 0.6) is 5.75 Å². The molecule has 1 aliphatic rings. The zero-order chi connectivity index (χ0) is 16.9. The molecule has 0 spiro atoms. The number of nitrogens with zero attached hydrogens (tertiary/aromatic N) is 2. The number of hydrogen-bond acceptors (Lipinski definition) is 5. The first-order valence-corrected chi connectivity index (χ1v) is 8.27. The van der Waals surface area contributed by atoms with Crippen LogP contribution in [-0.4, -0.2) is 48.9 Å². The summed E-state index contributed by atoms with van der Waals surface area (Å²) in [6.45, 7) is 5.50. The average molecular weight is 328 g/mol. The van der Waals surface area contributed by atoms with Gasteiger partial charge in [0.25, 0.3) is 0 Å². The summed E-state index contributed by atoms with van der Waals surface area (Å²) < 4.78 is 10.9. The maximum Gasteiger partial charge on any atom is 0.120 e. The van der Waals surface area contributed by atoms with E-state index in [-0.39, 0.29) is 12.3 Å². The lowest BCUT2D eigenvalue weighted by Gasteiger charge is -2.18. The second-order valence-electron chi connectivity index (χ2n) is 6.10. The van der Waals surface area contributed by atoms with Crippen molar-refractivity contribution in [3.8, 4) is 5.75 Å². The van der Waals surface area contributed by atoms with E-state index >= 15 is 0 Å². The summed E-state index contributed by atoms with van der Waals surface area (Å²) >= 11 is 0. The molecule has 1 aliphatic heterocycles. The van der Waals surface area contributed by atoms with E-state index in [2.05, 4.69) is 20.5 Å². The minimum Gasteiger partial charge on any atom is -0.491 e. The molecule has 1 aromatic heterocycles. The molecule has 2 N–H and O–H groups in total. The van der Waals surface area contributed by atoms with Crippen molar-refractivity contribution in [1.29, 1.82) is 0 Å². The number of fused-ring (bicyclic) bond motifs is 1. The van der Waals surface area contributed by atoms with Crippen molar-refractivity contribution in [2.24, 2.45) is 4.99 Å². The van der Waals surface area contributed by atoms with Crippen LogP contribution in [0.1, 0.15) is 26.0 Å². The second-order valence-corrected chi connectivity index (χ2v) is 6.10. The number of aliphatic imine (C=N–C) groups is 1.